The van der Waals surface area contributed by atoms with Crippen molar-refractivity contribution in [2.75, 3.05) is 6.54 Å². The number of ether oxygens (including phenoxy) is 1. The average Bonchev–Trinajstić information content (AvgIpc) is 2.54. The summed E-state index contributed by atoms with van der Waals surface area (Å²) >= 11 is 0. The second kappa shape index (κ2) is 7.90. The maximum absolute atomic E-state index is 11.9. The molecule has 0 saturated heterocycles. The summed E-state index contributed by atoms with van der Waals surface area (Å²) < 4.78 is 5.59. The third kappa shape index (κ3) is 4.99. The predicted molar refractivity (Wildman–Crippen MR) is 87.6 cm³/mol. The minimum absolute atomic E-state index is 0.178. The fourth-order valence-electron chi connectivity index (χ4n) is 1.82. The standard InChI is InChI=1S/C19H19NO2/c1-15-10-12-18(13-11-15)22-16(2)19(21)20-14-6-9-17-7-4-3-5-8-17/h3-5,7-8,10-13,16H,14H2,1-2H3,(H,20,21). The summed E-state index contributed by atoms with van der Waals surface area (Å²) in [6.07, 6.45) is -0.554. The summed E-state index contributed by atoms with van der Waals surface area (Å²) in [6, 6.07) is 17.3. The number of rotatable bonds is 4. The van der Waals surface area contributed by atoms with Crippen LogP contribution < -0.4 is 10.1 Å². The second-order valence-electron chi connectivity index (χ2n) is 4.96. The number of nitrogens with one attached hydrogen (secondary N) is 1. The lowest BCUT2D eigenvalue weighted by atomic mass is 10.2. The highest BCUT2D eigenvalue weighted by atomic mass is 16.5. The molecule has 0 heterocycles. The van der Waals surface area contributed by atoms with Crippen LogP contribution in [0.5, 0.6) is 5.75 Å². The SMILES string of the molecule is Cc1ccc(OC(C)C(=O)NCC#Cc2ccccc2)cc1. The van der Waals surface area contributed by atoms with Gasteiger partial charge in [0, 0.05) is 5.56 Å². The first-order chi connectivity index (χ1) is 10.6. The van der Waals surface area contributed by atoms with Crippen LogP contribution in [0.3, 0.4) is 0 Å². The highest BCUT2D eigenvalue weighted by Crippen LogP contribution is 2.13. The topological polar surface area (TPSA) is 38.3 Å². The van der Waals surface area contributed by atoms with Gasteiger partial charge >= 0.3 is 0 Å². The van der Waals surface area contributed by atoms with Crippen molar-refractivity contribution < 1.29 is 9.53 Å². The first-order valence-corrected chi connectivity index (χ1v) is 7.20. The van der Waals surface area contributed by atoms with Gasteiger partial charge in [-0.25, -0.2) is 0 Å². The number of aryl methyl sites for hydroxylation is 1. The minimum atomic E-state index is -0.554. The lowest BCUT2D eigenvalue weighted by molar-refractivity contribution is -0.126. The molecule has 0 aliphatic carbocycles. The highest BCUT2D eigenvalue weighted by Gasteiger charge is 2.13. The fraction of sp³-hybridized carbons (Fsp3) is 0.211. The monoisotopic (exact) mass is 293 g/mol. The zero-order valence-electron chi connectivity index (χ0n) is 12.8. The van der Waals surface area contributed by atoms with Gasteiger partial charge in [0.1, 0.15) is 5.75 Å². The zero-order chi connectivity index (χ0) is 15.8. The molecule has 0 spiro atoms. The second-order valence-corrected chi connectivity index (χ2v) is 4.96. The number of amides is 1. The van der Waals surface area contributed by atoms with Crippen LogP contribution in [0.25, 0.3) is 0 Å². The van der Waals surface area contributed by atoms with E-state index in [-0.39, 0.29) is 5.91 Å². The van der Waals surface area contributed by atoms with Crippen LogP contribution in [-0.4, -0.2) is 18.6 Å². The van der Waals surface area contributed by atoms with Crippen LogP contribution in [0.4, 0.5) is 0 Å². The number of benzene rings is 2. The van der Waals surface area contributed by atoms with Gasteiger partial charge in [-0.3, -0.25) is 4.79 Å². The van der Waals surface area contributed by atoms with E-state index in [4.69, 9.17) is 4.74 Å². The summed E-state index contributed by atoms with van der Waals surface area (Å²) in [5.41, 5.74) is 2.08. The molecule has 0 aromatic heterocycles. The largest absolute Gasteiger partial charge is 0.481 e. The first-order valence-electron chi connectivity index (χ1n) is 7.20. The van der Waals surface area contributed by atoms with E-state index in [0.717, 1.165) is 11.1 Å². The molecule has 1 atom stereocenters. The van der Waals surface area contributed by atoms with E-state index in [1.807, 2.05) is 61.5 Å². The molecule has 0 saturated carbocycles. The zero-order valence-corrected chi connectivity index (χ0v) is 12.8. The van der Waals surface area contributed by atoms with E-state index in [2.05, 4.69) is 17.2 Å². The van der Waals surface area contributed by atoms with Gasteiger partial charge in [0.2, 0.25) is 0 Å². The third-order valence-electron chi connectivity index (χ3n) is 3.06. The molecule has 0 radical (unpaired) electrons. The summed E-state index contributed by atoms with van der Waals surface area (Å²) in [4.78, 5) is 11.9. The lowest BCUT2D eigenvalue weighted by Gasteiger charge is -2.13. The van der Waals surface area contributed by atoms with Crippen LogP contribution in [0.1, 0.15) is 18.1 Å². The maximum Gasteiger partial charge on any atom is 0.261 e. The fourth-order valence-corrected chi connectivity index (χ4v) is 1.82. The molecule has 2 rings (SSSR count). The first kappa shape index (κ1) is 15.7. The van der Waals surface area contributed by atoms with E-state index in [0.29, 0.717) is 12.3 Å². The Morgan fingerprint density at radius 3 is 2.50 bits per heavy atom. The number of hydrogen-bond acceptors (Lipinski definition) is 2. The molecule has 112 valence electrons. The van der Waals surface area contributed by atoms with E-state index in [1.54, 1.807) is 6.92 Å². The highest BCUT2D eigenvalue weighted by molar-refractivity contribution is 5.80. The van der Waals surface area contributed by atoms with Gasteiger partial charge in [-0.2, -0.15) is 0 Å². The summed E-state index contributed by atoms with van der Waals surface area (Å²) in [5, 5.41) is 2.75. The van der Waals surface area contributed by atoms with Crippen LogP contribution in [0.15, 0.2) is 54.6 Å². The average molecular weight is 293 g/mol. The van der Waals surface area contributed by atoms with Gasteiger partial charge in [0.25, 0.3) is 5.91 Å². The molecule has 1 N–H and O–H groups in total. The smallest absolute Gasteiger partial charge is 0.261 e. The van der Waals surface area contributed by atoms with Crippen molar-refractivity contribution in [2.24, 2.45) is 0 Å². The van der Waals surface area contributed by atoms with Crippen LogP contribution >= 0.6 is 0 Å². The Bertz CT molecular complexity index is 666. The van der Waals surface area contributed by atoms with Crippen molar-refractivity contribution in [1.82, 2.24) is 5.32 Å². The lowest BCUT2D eigenvalue weighted by Crippen LogP contribution is -2.36. The third-order valence-corrected chi connectivity index (χ3v) is 3.06. The van der Waals surface area contributed by atoms with E-state index in [9.17, 15) is 4.79 Å². The van der Waals surface area contributed by atoms with E-state index >= 15 is 0 Å². The molecule has 22 heavy (non-hydrogen) atoms. The van der Waals surface area contributed by atoms with Crippen molar-refractivity contribution in [3.05, 3.63) is 65.7 Å². The van der Waals surface area contributed by atoms with E-state index < -0.39 is 6.10 Å². The maximum atomic E-state index is 11.9. The Morgan fingerprint density at radius 1 is 1.14 bits per heavy atom. The van der Waals surface area contributed by atoms with Crippen molar-refractivity contribution in [2.45, 2.75) is 20.0 Å². The Hall–Kier alpha value is -2.73. The molecule has 0 aliphatic heterocycles. The Balaban J connectivity index is 1.79. The summed E-state index contributed by atoms with van der Waals surface area (Å²) in [6.45, 7) is 4.03. The Kier molecular flexibility index (Phi) is 5.62. The molecule has 1 amide bonds. The molecule has 3 nitrogen and oxygen atoms in total. The molecular formula is C19H19NO2. The molecular weight excluding hydrogens is 274 g/mol. The molecule has 0 fully saturated rings. The van der Waals surface area contributed by atoms with Gasteiger partial charge in [0.15, 0.2) is 6.10 Å². The van der Waals surface area contributed by atoms with Gasteiger partial charge in [-0.1, -0.05) is 47.7 Å². The van der Waals surface area contributed by atoms with Crippen LogP contribution in [-0.2, 0) is 4.79 Å². The molecule has 2 aromatic carbocycles. The van der Waals surface area contributed by atoms with Gasteiger partial charge in [0.05, 0.1) is 6.54 Å². The molecule has 0 bridgehead atoms. The van der Waals surface area contributed by atoms with Crippen molar-refractivity contribution in [3.8, 4) is 17.6 Å². The number of carbonyl (C=O) groups excluding carboxylic acids is 1. The summed E-state index contributed by atoms with van der Waals surface area (Å²) in [5.74, 6) is 6.42. The molecule has 0 aliphatic rings. The van der Waals surface area contributed by atoms with Crippen molar-refractivity contribution >= 4 is 5.91 Å². The van der Waals surface area contributed by atoms with Gasteiger partial charge in [-0.05, 0) is 38.1 Å². The molecule has 2 aromatic rings. The normalized spacial score (nSPS) is 11.0. The van der Waals surface area contributed by atoms with Crippen LogP contribution in [0, 0.1) is 18.8 Å². The minimum Gasteiger partial charge on any atom is -0.481 e. The predicted octanol–water partition coefficient (Wildman–Crippen LogP) is 2.93. The summed E-state index contributed by atoms with van der Waals surface area (Å²) in [7, 11) is 0. The number of hydrogen-bond donors (Lipinski definition) is 1. The molecule has 3 heteroatoms. The number of carbonyl (C=O) groups is 1. The van der Waals surface area contributed by atoms with Crippen molar-refractivity contribution in [1.29, 1.82) is 0 Å². The Labute approximate surface area is 131 Å². The van der Waals surface area contributed by atoms with E-state index in [1.165, 1.54) is 0 Å². The quantitative estimate of drug-likeness (QED) is 0.880. The van der Waals surface area contributed by atoms with Gasteiger partial charge < -0.3 is 10.1 Å². The molecule has 1 unspecified atom stereocenters. The van der Waals surface area contributed by atoms with Crippen LogP contribution in [0.2, 0.25) is 0 Å². The Morgan fingerprint density at radius 2 is 1.82 bits per heavy atom. The van der Waals surface area contributed by atoms with Crippen molar-refractivity contribution in [3.63, 3.8) is 0 Å². The van der Waals surface area contributed by atoms with Gasteiger partial charge in [-0.15, -0.1) is 0 Å².